The van der Waals surface area contributed by atoms with Crippen molar-refractivity contribution in [3.8, 4) is 0 Å². The first-order valence-electron chi connectivity index (χ1n) is 6.64. The summed E-state index contributed by atoms with van der Waals surface area (Å²) in [5.41, 5.74) is 3.65. The number of hydrogen-bond acceptors (Lipinski definition) is 0. The molecule has 0 aliphatic carbocycles. The van der Waals surface area contributed by atoms with Gasteiger partial charge in [0.15, 0.2) is 0 Å². The Bertz CT molecular complexity index is 262. The van der Waals surface area contributed by atoms with Gasteiger partial charge < -0.3 is 0 Å². The van der Waals surface area contributed by atoms with Crippen LogP contribution in [0.25, 0.3) is 0 Å². The maximum absolute atomic E-state index is 2.44. The average molecular weight is 224 g/mol. The molecule has 96 valence electrons. The predicted octanol–water partition coefficient (Wildman–Crippen LogP) is 5.69. The minimum absolute atomic E-state index is 0.278. The molecule has 0 nitrogen and oxygen atoms in total. The van der Waals surface area contributed by atoms with Crippen molar-refractivity contribution in [2.45, 2.75) is 69.2 Å². The monoisotopic (exact) mass is 224 g/mol. The fourth-order valence-electron chi connectivity index (χ4n) is 2.78. The zero-order valence-electron chi connectivity index (χ0n) is 13.2. The van der Waals surface area contributed by atoms with Gasteiger partial charge in [0.1, 0.15) is 0 Å². The van der Waals surface area contributed by atoms with Crippen molar-refractivity contribution in [2.24, 2.45) is 22.7 Å². The fourth-order valence-corrected chi connectivity index (χ4v) is 2.78. The third-order valence-corrected chi connectivity index (χ3v) is 5.47. The maximum Gasteiger partial charge on any atom is -0.00402 e. The maximum atomic E-state index is 2.44. The van der Waals surface area contributed by atoms with Gasteiger partial charge in [0.2, 0.25) is 0 Å². The molecule has 0 aliphatic rings. The first-order chi connectivity index (χ1) is 6.99. The molecule has 0 radical (unpaired) electrons. The molecule has 1 atom stereocenters. The van der Waals surface area contributed by atoms with Gasteiger partial charge in [-0.2, -0.15) is 0 Å². The van der Waals surface area contributed by atoms with Crippen LogP contribution in [0.1, 0.15) is 69.2 Å². The van der Waals surface area contributed by atoms with E-state index in [-0.39, 0.29) is 5.41 Å². The molecule has 16 heavy (non-hydrogen) atoms. The lowest BCUT2D eigenvalue weighted by Gasteiger charge is -2.51. The highest BCUT2D eigenvalue weighted by molar-refractivity contribution is 5.21. The summed E-state index contributed by atoms with van der Waals surface area (Å²) >= 11 is 0. The molecule has 0 heteroatoms. The lowest BCUT2D eigenvalue weighted by Crippen LogP contribution is -2.44. The van der Waals surface area contributed by atoms with Gasteiger partial charge in [-0.05, 0) is 43.4 Å². The van der Waals surface area contributed by atoms with Crippen molar-refractivity contribution in [1.82, 2.24) is 0 Å². The number of allylic oxidation sites excluding steroid dienone is 2. The highest BCUT2D eigenvalue weighted by Crippen LogP contribution is 2.54. The van der Waals surface area contributed by atoms with Crippen LogP contribution in [0.3, 0.4) is 0 Å². The van der Waals surface area contributed by atoms with Gasteiger partial charge in [0.05, 0.1) is 0 Å². The largest absolute Gasteiger partial charge is 0.0769 e. The molecule has 0 N–H and O–H groups in total. The fraction of sp³-hybridized carbons (Fsp3) is 0.875. The van der Waals surface area contributed by atoms with Crippen molar-refractivity contribution in [3.63, 3.8) is 0 Å². The lowest BCUT2D eigenvalue weighted by molar-refractivity contribution is 0.0292. The highest BCUT2D eigenvalue weighted by Gasteiger charge is 2.46. The van der Waals surface area contributed by atoms with Gasteiger partial charge in [0, 0.05) is 0 Å². The summed E-state index contributed by atoms with van der Waals surface area (Å²) in [5.74, 6) is 1.36. The van der Waals surface area contributed by atoms with Crippen LogP contribution in [-0.2, 0) is 0 Å². The van der Waals surface area contributed by atoms with Gasteiger partial charge in [-0.3, -0.25) is 0 Å². The first kappa shape index (κ1) is 15.7. The lowest BCUT2D eigenvalue weighted by atomic mass is 9.53. The van der Waals surface area contributed by atoms with Crippen molar-refractivity contribution in [2.75, 3.05) is 0 Å². The summed E-state index contributed by atoms with van der Waals surface area (Å²) < 4.78 is 0. The summed E-state index contributed by atoms with van der Waals surface area (Å²) in [6.07, 6.45) is 0. The van der Waals surface area contributed by atoms with Gasteiger partial charge in [-0.1, -0.05) is 59.6 Å². The summed E-state index contributed by atoms with van der Waals surface area (Å²) in [7, 11) is 0. The second-order valence-corrected chi connectivity index (χ2v) is 6.86. The van der Waals surface area contributed by atoms with Crippen LogP contribution in [0.5, 0.6) is 0 Å². The van der Waals surface area contributed by atoms with Crippen LogP contribution in [0.2, 0.25) is 0 Å². The third kappa shape index (κ3) is 2.36. The Morgan fingerprint density at radius 1 is 0.750 bits per heavy atom. The molecule has 0 amide bonds. The molecule has 0 bridgehead atoms. The van der Waals surface area contributed by atoms with E-state index < -0.39 is 0 Å². The zero-order valence-corrected chi connectivity index (χ0v) is 13.2. The minimum atomic E-state index is 0.278. The molecular weight excluding hydrogens is 192 g/mol. The van der Waals surface area contributed by atoms with E-state index >= 15 is 0 Å². The minimum Gasteiger partial charge on any atom is -0.0769 e. The van der Waals surface area contributed by atoms with Gasteiger partial charge in [-0.15, -0.1) is 0 Å². The molecule has 0 aromatic carbocycles. The Hall–Kier alpha value is -0.260. The molecule has 0 aromatic rings. The summed E-state index contributed by atoms with van der Waals surface area (Å²) in [4.78, 5) is 0. The van der Waals surface area contributed by atoms with E-state index in [1.54, 1.807) is 5.57 Å². The molecule has 0 saturated carbocycles. The Balaban J connectivity index is 5.74. The molecular formula is C16H32. The highest BCUT2D eigenvalue weighted by atomic mass is 14.5. The third-order valence-electron chi connectivity index (χ3n) is 5.47. The molecule has 0 heterocycles. The second kappa shape index (κ2) is 4.94. The van der Waals surface area contributed by atoms with Crippen LogP contribution < -0.4 is 0 Å². The van der Waals surface area contributed by atoms with E-state index in [0.29, 0.717) is 17.3 Å². The van der Waals surface area contributed by atoms with Crippen molar-refractivity contribution in [1.29, 1.82) is 0 Å². The van der Waals surface area contributed by atoms with Crippen LogP contribution in [0.15, 0.2) is 11.1 Å². The van der Waals surface area contributed by atoms with E-state index in [9.17, 15) is 0 Å². The number of rotatable bonds is 4. The molecule has 0 rings (SSSR count). The summed E-state index contributed by atoms with van der Waals surface area (Å²) in [6.45, 7) is 23.5. The van der Waals surface area contributed by atoms with Crippen LogP contribution in [-0.4, -0.2) is 0 Å². The Morgan fingerprint density at radius 2 is 1.12 bits per heavy atom. The van der Waals surface area contributed by atoms with E-state index in [1.807, 2.05) is 0 Å². The predicted molar refractivity (Wildman–Crippen MR) is 75.6 cm³/mol. The van der Waals surface area contributed by atoms with Crippen LogP contribution in [0, 0.1) is 22.7 Å². The van der Waals surface area contributed by atoms with Crippen LogP contribution in [0.4, 0.5) is 0 Å². The van der Waals surface area contributed by atoms with E-state index in [0.717, 1.165) is 0 Å². The van der Waals surface area contributed by atoms with Crippen LogP contribution >= 0.6 is 0 Å². The standard InChI is InChI=1S/C16H32/c1-11(2)14(7)16(10,13(5)6)15(8,9)12(3)4/h12-13H,1-10H3. The quantitative estimate of drug-likeness (QED) is 0.538. The average Bonchev–Trinajstić information content (AvgIpc) is 2.14. The van der Waals surface area contributed by atoms with Crippen molar-refractivity contribution < 1.29 is 0 Å². The Kier molecular flexibility index (Phi) is 4.86. The van der Waals surface area contributed by atoms with Crippen molar-refractivity contribution in [3.05, 3.63) is 11.1 Å². The van der Waals surface area contributed by atoms with Gasteiger partial charge in [0.25, 0.3) is 0 Å². The smallest absolute Gasteiger partial charge is 0.00402 e. The van der Waals surface area contributed by atoms with E-state index in [1.165, 1.54) is 5.57 Å². The Morgan fingerprint density at radius 3 is 1.31 bits per heavy atom. The molecule has 0 spiro atoms. The van der Waals surface area contributed by atoms with Gasteiger partial charge >= 0.3 is 0 Å². The molecule has 0 aromatic heterocycles. The molecule has 0 fully saturated rings. The normalized spacial score (nSPS) is 16.5. The van der Waals surface area contributed by atoms with Crippen molar-refractivity contribution >= 4 is 0 Å². The zero-order chi connectivity index (χ0) is 13.3. The summed E-state index contributed by atoms with van der Waals surface area (Å²) in [6, 6.07) is 0. The second-order valence-electron chi connectivity index (χ2n) is 6.86. The number of hydrogen-bond donors (Lipinski definition) is 0. The van der Waals surface area contributed by atoms with E-state index in [2.05, 4.69) is 69.2 Å². The van der Waals surface area contributed by atoms with E-state index in [4.69, 9.17) is 0 Å². The summed E-state index contributed by atoms with van der Waals surface area (Å²) in [5, 5.41) is 0. The Labute approximate surface area is 104 Å². The first-order valence-corrected chi connectivity index (χ1v) is 6.64. The molecule has 1 unspecified atom stereocenters. The SMILES string of the molecule is CC(C)=C(C)C(C)(C(C)C)C(C)(C)C(C)C. The van der Waals surface area contributed by atoms with Gasteiger partial charge in [-0.25, -0.2) is 0 Å². The molecule has 0 saturated heterocycles. The topological polar surface area (TPSA) is 0 Å². The molecule has 0 aliphatic heterocycles.